The van der Waals surface area contributed by atoms with Gasteiger partial charge in [-0.3, -0.25) is 4.68 Å². The fourth-order valence-electron chi connectivity index (χ4n) is 2.06. The van der Waals surface area contributed by atoms with Gasteiger partial charge in [-0.1, -0.05) is 18.5 Å². The van der Waals surface area contributed by atoms with Crippen molar-refractivity contribution < 1.29 is 0 Å². The summed E-state index contributed by atoms with van der Waals surface area (Å²) in [6.07, 6.45) is 1.76. The summed E-state index contributed by atoms with van der Waals surface area (Å²) >= 11 is 5.96. The molecule has 20 heavy (non-hydrogen) atoms. The van der Waals surface area contributed by atoms with Gasteiger partial charge in [-0.15, -0.1) is 0 Å². The zero-order valence-corrected chi connectivity index (χ0v) is 12.9. The van der Waals surface area contributed by atoms with Crippen molar-refractivity contribution in [2.75, 3.05) is 11.9 Å². The number of aryl methyl sites for hydroxylation is 4. The molecule has 0 aliphatic heterocycles. The van der Waals surface area contributed by atoms with Crippen molar-refractivity contribution in [1.82, 2.24) is 19.7 Å². The van der Waals surface area contributed by atoms with Crippen molar-refractivity contribution in [3.8, 4) is 0 Å². The number of nitrogens with zero attached hydrogens (tertiary/aromatic N) is 4. The second-order valence-electron chi connectivity index (χ2n) is 4.78. The van der Waals surface area contributed by atoms with Crippen molar-refractivity contribution in [1.29, 1.82) is 0 Å². The molecular formula is C14H20ClN5. The summed E-state index contributed by atoms with van der Waals surface area (Å²) < 4.78 is 2.03. The lowest BCUT2D eigenvalue weighted by atomic mass is 10.3. The quantitative estimate of drug-likeness (QED) is 0.657. The maximum absolute atomic E-state index is 5.96. The topological polar surface area (TPSA) is 55.6 Å². The predicted octanol–water partition coefficient (Wildman–Crippen LogP) is 3.01. The fraction of sp³-hybridized carbons (Fsp3) is 0.500. The van der Waals surface area contributed by atoms with Gasteiger partial charge in [0.25, 0.3) is 0 Å². The molecule has 0 fully saturated rings. The van der Waals surface area contributed by atoms with Crippen LogP contribution >= 0.6 is 11.6 Å². The van der Waals surface area contributed by atoms with Crippen LogP contribution in [-0.2, 0) is 13.0 Å². The Hall–Kier alpha value is -1.62. The molecule has 2 aromatic rings. The summed E-state index contributed by atoms with van der Waals surface area (Å²) in [5.74, 6) is 1.55. The molecule has 0 atom stereocenters. The van der Waals surface area contributed by atoms with Crippen molar-refractivity contribution in [3.05, 3.63) is 34.5 Å². The molecule has 0 spiro atoms. The summed E-state index contributed by atoms with van der Waals surface area (Å²) in [5.41, 5.74) is 2.26. The molecule has 2 heterocycles. The summed E-state index contributed by atoms with van der Waals surface area (Å²) in [7, 11) is 0. The minimum Gasteiger partial charge on any atom is -0.370 e. The van der Waals surface area contributed by atoms with Crippen LogP contribution in [0.2, 0.25) is 5.15 Å². The van der Waals surface area contributed by atoms with Gasteiger partial charge in [-0.25, -0.2) is 9.97 Å². The second-order valence-corrected chi connectivity index (χ2v) is 5.16. The molecule has 0 aromatic carbocycles. The Balaban J connectivity index is 1.84. The first-order valence-electron chi connectivity index (χ1n) is 6.87. The number of nitrogens with one attached hydrogen (secondary N) is 1. The molecule has 5 nitrogen and oxygen atoms in total. The molecule has 2 aromatic heterocycles. The molecule has 0 radical (unpaired) electrons. The lowest BCUT2D eigenvalue weighted by molar-refractivity contribution is 0.573. The Morgan fingerprint density at radius 2 is 2.05 bits per heavy atom. The van der Waals surface area contributed by atoms with Crippen LogP contribution in [0, 0.1) is 13.8 Å². The van der Waals surface area contributed by atoms with E-state index in [9.17, 15) is 0 Å². The van der Waals surface area contributed by atoms with Crippen molar-refractivity contribution in [2.45, 2.75) is 40.2 Å². The van der Waals surface area contributed by atoms with E-state index < -0.39 is 0 Å². The van der Waals surface area contributed by atoms with Gasteiger partial charge in [0, 0.05) is 31.3 Å². The van der Waals surface area contributed by atoms with E-state index in [1.165, 1.54) is 5.69 Å². The van der Waals surface area contributed by atoms with Gasteiger partial charge in [-0.05, 0) is 26.3 Å². The molecule has 108 valence electrons. The first kappa shape index (κ1) is 14.8. The van der Waals surface area contributed by atoms with Crippen LogP contribution in [0.15, 0.2) is 12.1 Å². The molecule has 0 amide bonds. The van der Waals surface area contributed by atoms with Crippen LogP contribution in [0.5, 0.6) is 0 Å². The van der Waals surface area contributed by atoms with E-state index in [4.69, 9.17) is 11.6 Å². The maximum atomic E-state index is 5.96. The Morgan fingerprint density at radius 1 is 1.25 bits per heavy atom. The van der Waals surface area contributed by atoms with Crippen LogP contribution in [-0.4, -0.2) is 26.3 Å². The van der Waals surface area contributed by atoms with Crippen LogP contribution in [0.4, 0.5) is 5.82 Å². The molecule has 1 N–H and O–H groups in total. The SMILES string of the molecule is CCc1nc(Cl)cc(NCCCn2nc(C)cc2C)n1. The smallest absolute Gasteiger partial charge is 0.134 e. The molecule has 0 saturated carbocycles. The van der Waals surface area contributed by atoms with Crippen LogP contribution in [0.1, 0.15) is 30.6 Å². The average Bonchev–Trinajstić information content (AvgIpc) is 2.72. The first-order chi connectivity index (χ1) is 9.58. The largest absolute Gasteiger partial charge is 0.370 e. The van der Waals surface area contributed by atoms with E-state index in [-0.39, 0.29) is 0 Å². The van der Waals surface area contributed by atoms with Crippen molar-refractivity contribution >= 4 is 17.4 Å². The minimum atomic E-state index is 0.484. The van der Waals surface area contributed by atoms with E-state index in [1.54, 1.807) is 6.07 Å². The number of rotatable bonds is 6. The third-order valence-corrected chi connectivity index (χ3v) is 3.21. The molecular weight excluding hydrogens is 274 g/mol. The number of hydrogen-bond acceptors (Lipinski definition) is 4. The maximum Gasteiger partial charge on any atom is 0.134 e. The molecule has 0 unspecified atom stereocenters. The molecule has 0 bridgehead atoms. The van der Waals surface area contributed by atoms with Gasteiger partial charge in [-0.2, -0.15) is 5.10 Å². The molecule has 0 aliphatic rings. The lowest BCUT2D eigenvalue weighted by Crippen LogP contribution is -2.10. The zero-order chi connectivity index (χ0) is 14.5. The van der Waals surface area contributed by atoms with Crippen LogP contribution < -0.4 is 5.32 Å². The second kappa shape index (κ2) is 6.70. The Morgan fingerprint density at radius 3 is 2.70 bits per heavy atom. The summed E-state index contributed by atoms with van der Waals surface area (Å²) in [4.78, 5) is 8.53. The third-order valence-electron chi connectivity index (χ3n) is 3.01. The Labute approximate surface area is 124 Å². The van der Waals surface area contributed by atoms with E-state index in [1.807, 2.05) is 18.5 Å². The van der Waals surface area contributed by atoms with Crippen molar-refractivity contribution in [3.63, 3.8) is 0 Å². The van der Waals surface area contributed by atoms with Crippen LogP contribution in [0.25, 0.3) is 0 Å². The van der Waals surface area contributed by atoms with Gasteiger partial charge in [0.05, 0.1) is 5.69 Å². The van der Waals surface area contributed by atoms with E-state index in [0.29, 0.717) is 5.15 Å². The summed E-state index contributed by atoms with van der Waals surface area (Å²) in [6, 6.07) is 3.84. The Kier molecular flexibility index (Phi) is 4.95. The first-order valence-corrected chi connectivity index (χ1v) is 7.24. The highest BCUT2D eigenvalue weighted by Crippen LogP contribution is 2.12. The minimum absolute atomic E-state index is 0.484. The molecule has 0 saturated heterocycles. The summed E-state index contributed by atoms with van der Waals surface area (Å²) in [6.45, 7) is 7.82. The Bertz CT molecular complexity index is 579. The third kappa shape index (κ3) is 3.93. The van der Waals surface area contributed by atoms with E-state index in [0.717, 1.165) is 43.3 Å². The normalized spacial score (nSPS) is 10.8. The number of halogens is 1. The highest BCUT2D eigenvalue weighted by molar-refractivity contribution is 6.29. The summed E-state index contributed by atoms with van der Waals surface area (Å²) in [5, 5.41) is 8.20. The van der Waals surface area contributed by atoms with Gasteiger partial charge >= 0.3 is 0 Å². The monoisotopic (exact) mass is 293 g/mol. The fourth-order valence-corrected chi connectivity index (χ4v) is 2.26. The highest BCUT2D eigenvalue weighted by Gasteiger charge is 2.03. The van der Waals surface area contributed by atoms with Crippen LogP contribution in [0.3, 0.4) is 0 Å². The van der Waals surface area contributed by atoms with E-state index >= 15 is 0 Å². The number of hydrogen-bond donors (Lipinski definition) is 1. The lowest BCUT2D eigenvalue weighted by Gasteiger charge is -2.08. The van der Waals surface area contributed by atoms with Crippen molar-refractivity contribution in [2.24, 2.45) is 0 Å². The molecule has 0 aliphatic carbocycles. The van der Waals surface area contributed by atoms with Gasteiger partial charge in [0.1, 0.15) is 16.8 Å². The standard InChI is InChI=1S/C14H20ClN5/c1-4-13-17-12(15)9-14(18-13)16-6-5-7-20-11(3)8-10(2)19-20/h8-9H,4-7H2,1-3H3,(H,16,17,18). The highest BCUT2D eigenvalue weighted by atomic mass is 35.5. The zero-order valence-electron chi connectivity index (χ0n) is 12.1. The van der Waals surface area contributed by atoms with Gasteiger partial charge < -0.3 is 5.32 Å². The number of anilines is 1. The van der Waals surface area contributed by atoms with Gasteiger partial charge in [0.15, 0.2) is 0 Å². The number of aromatic nitrogens is 4. The van der Waals surface area contributed by atoms with E-state index in [2.05, 4.69) is 33.4 Å². The molecule has 6 heteroatoms. The average molecular weight is 294 g/mol. The predicted molar refractivity (Wildman–Crippen MR) is 81.2 cm³/mol. The molecule has 2 rings (SSSR count). The van der Waals surface area contributed by atoms with Gasteiger partial charge in [0.2, 0.25) is 0 Å².